The van der Waals surface area contributed by atoms with E-state index in [1.54, 1.807) is 22.7 Å². The Balaban J connectivity index is 1.51. The molecule has 6 heteroatoms. The van der Waals surface area contributed by atoms with Crippen molar-refractivity contribution >= 4 is 28.6 Å². The van der Waals surface area contributed by atoms with Gasteiger partial charge in [-0.3, -0.25) is 4.79 Å². The van der Waals surface area contributed by atoms with Crippen LogP contribution in [-0.4, -0.2) is 30.1 Å². The zero-order valence-corrected chi connectivity index (χ0v) is 12.6. The van der Waals surface area contributed by atoms with E-state index in [4.69, 9.17) is 4.74 Å². The predicted molar refractivity (Wildman–Crippen MR) is 81.1 cm³/mol. The van der Waals surface area contributed by atoms with Gasteiger partial charge in [0.1, 0.15) is 5.01 Å². The SMILES string of the molecule is O=C(Cc1csc(-c2cccs2)n1)NCC1CCCO1. The second-order valence-electron chi connectivity index (χ2n) is 4.74. The quantitative estimate of drug-likeness (QED) is 0.924. The van der Waals surface area contributed by atoms with Crippen LogP contribution in [0.3, 0.4) is 0 Å². The van der Waals surface area contributed by atoms with E-state index in [0.29, 0.717) is 13.0 Å². The van der Waals surface area contributed by atoms with Crippen LogP contribution in [0.2, 0.25) is 0 Å². The third-order valence-electron chi connectivity index (χ3n) is 3.18. The van der Waals surface area contributed by atoms with E-state index in [1.165, 1.54) is 0 Å². The number of thiophene rings is 1. The standard InChI is InChI=1S/C14H16N2O2S2/c17-13(15-8-11-3-1-5-18-11)7-10-9-20-14(16-10)12-4-2-6-19-12/h2,4,6,9,11H,1,3,5,7-8H2,(H,15,17). The number of aromatic nitrogens is 1. The van der Waals surface area contributed by atoms with Crippen LogP contribution in [0, 0.1) is 0 Å². The number of rotatable bonds is 5. The summed E-state index contributed by atoms with van der Waals surface area (Å²) in [5.74, 6) is 0.0172. The first kappa shape index (κ1) is 13.7. The van der Waals surface area contributed by atoms with Crippen molar-refractivity contribution < 1.29 is 9.53 Å². The van der Waals surface area contributed by atoms with Crippen LogP contribution in [0.5, 0.6) is 0 Å². The summed E-state index contributed by atoms with van der Waals surface area (Å²) >= 11 is 3.25. The van der Waals surface area contributed by atoms with Gasteiger partial charge in [0.25, 0.3) is 0 Å². The maximum absolute atomic E-state index is 11.9. The molecule has 4 nitrogen and oxygen atoms in total. The maximum Gasteiger partial charge on any atom is 0.226 e. The van der Waals surface area contributed by atoms with Crippen LogP contribution in [-0.2, 0) is 16.0 Å². The summed E-state index contributed by atoms with van der Waals surface area (Å²) in [5, 5.41) is 7.90. The first-order valence-corrected chi connectivity index (χ1v) is 8.44. The van der Waals surface area contributed by atoms with Gasteiger partial charge in [-0.1, -0.05) is 6.07 Å². The molecule has 0 spiro atoms. The largest absolute Gasteiger partial charge is 0.376 e. The summed E-state index contributed by atoms with van der Waals surface area (Å²) in [6.45, 7) is 1.43. The zero-order chi connectivity index (χ0) is 13.8. The lowest BCUT2D eigenvalue weighted by molar-refractivity contribution is -0.121. The topological polar surface area (TPSA) is 51.2 Å². The molecule has 1 aliphatic rings. The molecule has 1 saturated heterocycles. The number of ether oxygens (including phenoxy) is 1. The number of thiazole rings is 1. The van der Waals surface area contributed by atoms with Crippen molar-refractivity contribution in [1.29, 1.82) is 0 Å². The van der Waals surface area contributed by atoms with E-state index < -0.39 is 0 Å². The molecule has 3 heterocycles. The molecular formula is C14H16N2O2S2. The van der Waals surface area contributed by atoms with Gasteiger partial charge >= 0.3 is 0 Å². The molecule has 3 rings (SSSR count). The van der Waals surface area contributed by atoms with Gasteiger partial charge in [0.05, 0.1) is 23.1 Å². The lowest BCUT2D eigenvalue weighted by Gasteiger charge is -2.09. The van der Waals surface area contributed by atoms with Gasteiger partial charge in [0, 0.05) is 18.5 Å². The van der Waals surface area contributed by atoms with Crippen LogP contribution in [0.4, 0.5) is 0 Å². The van der Waals surface area contributed by atoms with Gasteiger partial charge in [0.15, 0.2) is 0 Å². The second kappa shape index (κ2) is 6.47. The van der Waals surface area contributed by atoms with Gasteiger partial charge in [-0.15, -0.1) is 22.7 Å². The highest BCUT2D eigenvalue weighted by molar-refractivity contribution is 7.20. The molecule has 1 unspecified atom stereocenters. The highest BCUT2D eigenvalue weighted by Crippen LogP contribution is 2.27. The van der Waals surface area contributed by atoms with Crippen LogP contribution in [0.1, 0.15) is 18.5 Å². The Morgan fingerprint density at radius 2 is 2.45 bits per heavy atom. The number of hydrogen-bond acceptors (Lipinski definition) is 5. The smallest absolute Gasteiger partial charge is 0.226 e. The first-order chi connectivity index (χ1) is 9.81. The molecule has 2 aromatic rings. The van der Waals surface area contributed by atoms with Crippen molar-refractivity contribution in [3.63, 3.8) is 0 Å². The molecular weight excluding hydrogens is 292 g/mol. The summed E-state index contributed by atoms with van der Waals surface area (Å²) in [4.78, 5) is 17.5. The van der Waals surface area contributed by atoms with E-state index in [1.807, 2.05) is 22.9 Å². The summed E-state index contributed by atoms with van der Waals surface area (Å²) in [6.07, 6.45) is 2.67. The zero-order valence-electron chi connectivity index (χ0n) is 11.0. The summed E-state index contributed by atoms with van der Waals surface area (Å²) in [5.41, 5.74) is 0.836. The minimum atomic E-state index is 0.0172. The van der Waals surface area contributed by atoms with Crippen molar-refractivity contribution in [2.45, 2.75) is 25.4 Å². The van der Waals surface area contributed by atoms with E-state index in [9.17, 15) is 4.79 Å². The van der Waals surface area contributed by atoms with E-state index in [0.717, 1.165) is 35.0 Å². The summed E-state index contributed by atoms with van der Waals surface area (Å²) in [7, 11) is 0. The number of carbonyl (C=O) groups excluding carboxylic acids is 1. The molecule has 1 atom stereocenters. The van der Waals surface area contributed by atoms with E-state index >= 15 is 0 Å². The van der Waals surface area contributed by atoms with Crippen molar-refractivity contribution in [1.82, 2.24) is 10.3 Å². The Bertz CT molecular complexity index is 560. The molecule has 0 radical (unpaired) electrons. The molecule has 2 aromatic heterocycles. The number of amides is 1. The van der Waals surface area contributed by atoms with Gasteiger partial charge in [0.2, 0.25) is 5.91 Å². The van der Waals surface area contributed by atoms with Crippen LogP contribution in [0.15, 0.2) is 22.9 Å². The monoisotopic (exact) mass is 308 g/mol. The average Bonchev–Trinajstić information content (AvgIpc) is 3.18. The lowest BCUT2D eigenvalue weighted by atomic mass is 10.2. The van der Waals surface area contributed by atoms with Crippen LogP contribution < -0.4 is 5.32 Å². The van der Waals surface area contributed by atoms with E-state index in [-0.39, 0.29) is 12.0 Å². The van der Waals surface area contributed by atoms with Crippen molar-refractivity contribution in [3.05, 3.63) is 28.6 Å². The Morgan fingerprint density at radius 1 is 1.50 bits per heavy atom. The van der Waals surface area contributed by atoms with Crippen LogP contribution >= 0.6 is 22.7 Å². The molecule has 1 amide bonds. The predicted octanol–water partition coefficient (Wildman–Crippen LogP) is 2.71. The number of hydrogen-bond donors (Lipinski definition) is 1. The van der Waals surface area contributed by atoms with Gasteiger partial charge in [-0.25, -0.2) is 4.98 Å². The Morgan fingerprint density at radius 3 is 3.20 bits per heavy atom. The van der Waals surface area contributed by atoms with Crippen LogP contribution in [0.25, 0.3) is 9.88 Å². The summed E-state index contributed by atoms with van der Waals surface area (Å²) in [6, 6.07) is 4.06. The first-order valence-electron chi connectivity index (χ1n) is 6.68. The molecule has 0 aliphatic carbocycles. The highest BCUT2D eigenvalue weighted by atomic mass is 32.1. The molecule has 0 saturated carbocycles. The fraction of sp³-hybridized carbons (Fsp3) is 0.429. The van der Waals surface area contributed by atoms with Crippen molar-refractivity contribution in [2.75, 3.05) is 13.2 Å². The molecule has 1 aliphatic heterocycles. The molecule has 106 valence electrons. The number of carbonyl (C=O) groups is 1. The fourth-order valence-corrected chi connectivity index (χ4v) is 3.80. The molecule has 0 bridgehead atoms. The maximum atomic E-state index is 11.9. The minimum Gasteiger partial charge on any atom is -0.376 e. The van der Waals surface area contributed by atoms with Gasteiger partial charge in [-0.2, -0.15) is 0 Å². The normalized spacial score (nSPS) is 18.3. The van der Waals surface area contributed by atoms with Gasteiger partial charge < -0.3 is 10.1 Å². The minimum absolute atomic E-state index is 0.0172. The molecule has 0 aromatic carbocycles. The lowest BCUT2D eigenvalue weighted by Crippen LogP contribution is -2.32. The number of nitrogens with one attached hydrogen (secondary N) is 1. The molecule has 20 heavy (non-hydrogen) atoms. The average molecular weight is 308 g/mol. The van der Waals surface area contributed by atoms with Gasteiger partial charge in [-0.05, 0) is 24.3 Å². The van der Waals surface area contributed by atoms with Crippen molar-refractivity contribution in [3.8, 4) is 9.88 Å². The highest BCUT2D eigenvalue weighted by Gasteiger charge is 2.16. The Hall–Kier alpha value is -1.24. The second-order valence-corrected chi connectivity index (χ2v) is 6.54. The van der Waals surface area contributed by atoms with E-state index in [2.05, 4.69) is 10.3 Å². The third kappa shape index (κ3) is 3.45. The fourth-order valence-electron chi connectivity index (χ4n) is 2.16. The molecule has 1 fully saturated rings. The Kier molecular flexibility index (Phi) is 4.44. The number of nitrogens with zero attached hydrogens (tertiary/aromatic N) is 1. The molecule has 1 N–H and O–H groups in total. The third-order valence-corrected chi connectivity index (χ3v) is 5.11. The summed E-state index contributed by atoms with van der Waals surface area (Å²) < 4.78 is 5.48. The van der Waals surface area contributed by atoms with Crippen molar-refractivity contribution in [2.24, 2.45) is 0 Å². The Labute approximate surface area is 125 Å².